The molecule has 11 aromatic rings. The van der Waals surface area contributed by atoms with Crippen molar-refractivity contribution in [3.8, 4) is 28.7 Å². The molecule has 0 amide bonds. The van der Waals surface area contributed by atoms with Gasteiger partial charge in [0.05, 0.1) is 0 Å². The molecule has 0 aromatic heterocycles. The van der Waals surface area contributed by atoms with Crippen molar-refractivity contribution in [3.05, 3.63) is 299 Å². The Bertz CT molecular complexity index is 5660. The maximum absolute atomic E-state index is 6.16. The second-order valence-electron chi connectivity index (χ2n) is 36.9. The minimum absolute atomic E-state index is 0.00466. The van der Waals surface area contributed by atoms with Gasteiger partial charge in [-0.15, -0.1) is 0 Å². The average Bonchev–Trinajstić information content (AvgIpc) is 0.771. The van der Waals surface area contributed by atoms with Gasteiger partial charge in [-0.2, -0.15) is 0 Å². The molecule has 0 aliphatic carbocycles. The number of rotatable bonds is 32. The summed E-state index contributed by atoms with van der Waals surface area (Å²) in [6.45, 7) is 47.1. The van der Waals surface area contributed by atoms with E-state index in [2.05, 4.69) is 352 Å². The zero-order chi connectivity index (χ0) is 97.0. The molecule has 0 bridgehead atoms. The van der Waals surface area contributed by atoms with Crippen LogP contribution in [0.4, 0.5) is 0 Å². The Morgan fingerprint density at radius 1 is 0.250 bits per heavy atom. The van der Waals surface area contributed by atoms with Gasteiger partial charge in [0.2, 0.25) is 0 Å². The molecular formula is C112H146N5O10P5. The first-order valence-electron chi connectivity index (χ1n) is 44.6. The molecule has 0 spiro atoms. The number of hydrogen-bond acceptors (Lipinski definition) is 15. The fourth-order valence-electron chi connectivity index (χ4n) is 14.5. The molecule has 15 nitrogen and oxygen atoms in total. The van der Waals surface area contributed by atoms with Crippen molar-refractivity contribution in [2.75, 3.05) is 105 Å². The fourth-order valence-corrected chi connectivity index (χ4v) is 21.2. The summed E-state index contributed by atoms with van der Waals surface area (Å²) in [5.41, 5.74) is 24.4. The van der Waals surface area contributed by atoms with Crippen LogP contribution in [-0.4, -0.2) is 136 Å². The van der Waals surface area contributed by atoms with Crippen LogP contribution in [0.3, 0.4) is 0 Å². The van der Waals surface area contributed by atoms with E-state index in [-0.39, 0.29) is 55.6 Å². The highest BCUT2D eigenvalue weighted by Crippen LogP contribution is 2.40. The Labute approximate surface area is 800 Å². The molecule has 5 unspecified atom stereocenters. The molecule has 0 heterocycles. The molecule has 0 aliphatic heterocycles. The third-order valence-electron chi connectivity index (χ3n) is 21.0. The number of aliphatic imine (C=N–C) groups is 5. The number of methoxy groups -OCH3 is 5. The molecule has 0 radical (unpaired) electrons. The molecule has 11 aromatic carbocycles. The van der Waals surface area contributed by atoms with E-state index >= 15 is 0 Å². The van der Waals surface area contributed by atoms with E-state index in [0.29, 0.717) is 42.9 Å². The van der Waals surface area contributed by atoms with Gasteiger partial charge in [-0.25, -0.2) is 0 Å². The zero-order valence-corrected chi connectivity index (χ0v) is 89.3. The van der Waals surface area contributed by atoms with E-state index in [4.69, 9.17) is 47.4 Å². The Kier molecular flexibility index (Phi) is 44.7. The molecule has 0 fully saturated rings. The number of ether oxygens (including phenoxy) is 10. The molecule has 11 rings (SSSR count). The van der Waals surface area contributed by atoms with Crippen LogP contribution >= 0.6 is 42.9 Å². The largest absolute Gasteiger partial charge is 0.467 e. The standard InChI is InChI=1S/C25H36NO2P.C24H26NO2P.2C22H30NO2P.C19H24NO2P/c1-17-10-11-21(18(12-17)15-26-8)29-22-14-19(24(2,3)4)13-20(25(5,6)7)23(22)28-16-27-9;1-18-12-13-22(21(14-18)16-25-2)28-23-11-7-10-20(24(23)27-17-26-3)15-19-8-5-4-6-9-19;1-15-8-9-19(17(10-15)13-23-6)26-20-12-18(22(3,4)5)11-16(2)21(20)25-14-24-7;1-15-8-9-19(17(10-15)13-23-6)26-20-12-16(2)11-18(22(3,4)5)21(20)25-14-24-7;1-13-6-7-17(16(9-13)11-20-4)23-18-10-14(2)8-15(3)19(18)22-12-21-5/h10-15,29H,16H2,1-9H3;4-14,16,28H,15,17H2,1-3H3;2*8-13,26H,14H2,1-7H3;6-11,23H,12H2,1-5H3. The third-order valence-corrected chi connectivity index (χ3v) is 27.9. The Hall–Kier alpha value is -9.28. The Balaban J connectivity index is 0.000000226. The van der Waals surface area contributed by atoms with Gasteiger partial charge < -0.3 is 47.4 Å². The second-order valence-corrected chi connectivity index (χ2v) is 43.6. The van der Waals surface area contributed by atoms with Crippen molar-refractivity contribution in [2.45, 2.75) is 173 Å². The van der Waals surface area contributed by atoms with Crippen LogP contribution in [0.25, 0.3) is 0 Å². The third kappa shape index (κ3) is 34.3. The number of benzene rings is 11. The monoisotopic (exact) mass is 1880 g/mol. The van der Waals surface area contributed by atoms with Gasteiger partial charge in [0.1, 0.15) is 28.7 Å². The summed E-state index contributed by atoms with van der Waals surface area (Å²) >= 11 is 0. The Morgan fingerprint density at radius 3 is 0.871 bits per heavy atom. The first-order chi connectivity index (χ1) is 62.7. The number of hydrogen-bond donors (Lipinski definition) is 0. The van der Waals surface area contributed by atoms with Crippen molar-refractivity contribution in [2.24, 2.45) is 25.0 Å². The van der Waals surface area contributed by atoms with Gasteiger partial charge in [-0.1, -0.05) is 287 Å². The predicted molar refractivity (Wildman–Crippen MR) is 579 cm³/mol. The number of aryl methyl sites for hydroxylation is 9. The van der Waals surface area contributed by atoms with E-state index < -0.39 is 0 Å². The summed E-state index contributed by atoms with van der Waals surface area (Å²) in [5, 5.41) is 12.4. The quantitative estimate of drug-likeness (QED) is 0.0226. The van der Waals surface area contributed by atoms with Gasteiger partial charge in [-0.05, 0) is 210 Å². The number of para-hydroxylation sites is 1. The van der Waals surface area contributed by atoms with Crippen molar-refractivity contribution < 1.29 is 47.4 Å². The molecule has 132 heavy (non-hydrogen) atoms. The molecular weight excluding hydrogens is 1730 g/mol. The molecule has 0 saturated heterocycles. The van der Waals surface area contributed by atoms with Crippen LogP contribution in [-0.2, 0) is 51.8 Å². The molecule has 0 aliphatic rings. The minimum atomic E-state index is -0.0372. The first-order valence-corrected chi connectivity index (χ1v) is 49.6. The lowest BCUT2D eigenvalue weighted by atomic mass is 9.80. The van der Waals surface area contributed by atoms with Gasteiger partial charge in [0.15, 0.2) is 34.0 Å². The average molecular weight is 1880 g/mol. The molecule has 0 N–H and O–H groups in total. The van der Waals surface area contributed by atoms with Crippen LogP contribution in [0, 0.1) is 62.3 Å². The molecule has 20 heteroatoms. The summed E-state index contributed by atoms with van der Waals surface area (Å²) in [6, 6.07) is 67.5. The van der Waals surface area contributed by atoms with E-state index in [1.165, 1.54) is 148 Å². The van der Waals surface area contributed by atoms with Crippen LogP contribution in [0.2, 0.25) is 0 Å². The zero-order valence-electron chi connectivity index (χ0n) is 84.3. The van der Waals surface area contributed by atoms with Crippen molar-refractivity contribution in [3.63, 3.8) is 0 Å². The maximum atomic E-state index is 6.16. The van der Waals surface area contributed by atoms with E-state index in [0.717, 1.165) is 51.9 Å². The van der Waals surface area contributed by atoms with E-state index in [1.54, 1.807) is 42.6 Å². The SMILES string of the molecule is CN=Cc1cc(C)ccc1Pc1cc(C(C)(C)C)cc(C(C)(C)C)c1OCOC.CN=Cc1cc(C)ccc1Pc1cc(C(C)(C)C)cc(C)c1OCOC.CN=Cc1cc(C)ccc1Pc1cc(C)cc(C(C)(C)C)c1OCOC.CN=Cc1cc(C)ccc1Pc1cc(C)cc(C)c1OCOC.CN=Cc1cc(C)ccc1Pc1cccc(Cc2ccccc2)c1OCOC. The Morgan fingerprint density at radius 2 is 0.538 bits per heavy atom. The van der Waals surface area contributed by atoms with Crippen LogP contribution < -0.4 is 76.7 Å². The van der Waals surface area contributed by atoms with Crippen LogP contribution in [0.15, 0.2) is 213 Å². The topological polar surface area (TPSA) is 154 Å². The van der Waals surface area contributed by atoms with E-state index in [9.17, 15) is 0 Å². The van der Waals surface area contributed by atoms with Gasteiger partial charge in [-0.3, -0.25) is 25.0 Å². The van der Waals surface area contributed by atoms with Crippen molar-refractivity contribution in [1.82, 2.24) is 0 Å². The molecule has 5 atom stereocenters. The summed E-state index contributed by atoms with van der Waals surface area (Å²) in [5.74, 6) is 4.68. The van der Waals surface area contributed by atoms with Gasteiger partial charge >= 0.3 is 0 Å². The van der Waals surface area contributed by atoms with Crippen LogP contribution in [0.1, 0.15) is 194 Å². The normalized spacial score (nSPS) is 12.2. The summed E-state index contributed by atoms with van der Waals surface area (Å²) in [6.07, 6.45) is 10.5. The lowest BCUT2D eigenvalue weighted by Gasteiger charge is -2.29. The van der Waals surface area contributed by atoms with Gasteiger partial charge in [0.25, 0.3) is 0 Å². The first kappa shape index (κ1) is 110. The summed E-state index contributed by atoms with van der Waals surface area (Å²) in [4.78, 5) is 21.1. The predicted octanol–water partition coefficient (Wildman–Crippen LogP) is 21.3. The smallest absolute Gasteiger partial charge is 0.188 e. The highest BCUT2D eigenvalue weighted by molar-refractivity contribution is 7.57. The maximum Gasteiger partial charge on any atom is 0.188 e. The summed E-state index contributed by atoms with van der Waals surface area (Å²) in [7, 11) is 19.8. The molecule has 0 saturated carbocycles. The fraction of sp³-hybridized carbons (Fsp3) is 0.366. The highest BCUT2D eigenvalue weighted by atomic mass is 31.1. The summed E-state index contributed by atoms with van der Waals surface area (Å²) < 4.78 is 55.8. The molecule has 704 valence electrons. The van der Waals surface area contributed by atoms with Crippen molar-refractivity contribution >= 4 is 127 Å². The second kappa shape index (κ2) is 53.7. The van der Waals surface area contributed by atoms with Crippen LogP contribution in [0.5, 0.6) is 28.7 Å². The lowest BCUT2D eigenvalue weighted by molar-refractivity contribution is 0.0504. The highest BCUT2D eigenvalue weighted by Gasteiger charge is 2.29. The van der Waals surface area contributed by atoms with Crippen molar-refractivity contribution in [1.29, 1.82) is 0 Å². The van der Waals surface area contributed by atoms with E-state index in [1.807, 2.05) is 65.3 Å². The minimum Gasteiger partial charge on any atom is -0.467 e. The lowest BCUT2D eigenvalue weighted by Crippen LogP contribution is -2.24. The van der Waals surface area contributed by atoms with Gasteiger partial charge in [0, 0.05) is 174 Å². The number of nitrogens with zero attached hydrogens (tertiary/aromatic N) is 5.